The zero-order valence-electron chi connectivity index (χ0n) is 13.6. The molecule has 8 heteroatoms. The summed E-state index contributed by atoms with van der Waals surface area (Å²) >= 11 is 2.95. The van der Waals surface area contributed by atoms with Gasteiger partial charge in [0.05, 0.1) is 12.2 Å². The van der Waals surface area contributed by atoms with Gasteiger partial charge in [-0.1, -0.05) is 30.8 Å². The van der Waals surface area contributed by atoms with Crippen LogP contribution in [0.4, 0.5) is 5.69 Å². The highest BCUT2D eigenvalue weighted by Gasteiger charge is 2.27. The highest BCUT2D eigenvalue weighted by Crippen LogP contribution is 2.35. The highest BCUT2D eigenvalue weighted by atomic mass is 32.2. The Hall–Kier alpha value is -1.77. The zero-order valence-corrected chi connectivity index (χ0v) is 16.0. The van der Waals surface area contributed by atoms with Crippen molar-refractivity contribution >= 4 is 49.7 Å². The Balaban J connectivity index is 1.52. The Labute approximate surface area is 155 Å². The minimum Gasteiger partial charge on any atom is -0.318 e. The topological polar surface area (TPSA) is 61.8 Å². The van der Waals surface area contributed by atoms with Crippen molar-refractivity contribution in [1.82, 2.24) is 4.90 Å². The lowest BCUT2D eigenvalue weighted by Gasteiger charge is -2.17. The molecule has 0 unspecified atom stereocenters. The van der Waals surface area contributed by atoms with Crippen molar-refractivity contribution in [1.29, 1.82) is 0 Å². The molecular weight excluding hydrogens is 374 g/mol. The van der Waals surface area contributed by atoms with Crippen molar-refractivity contribution in [2.75, 3.05) is 17.8 Å². The molecule has 1 N–H and O–H groups in total. The number of fused-ring (bicyclic) bond motifs is 1. The third-order valence-corrected chi connectivity index (χ3v) is 8.06. The molecule has 4 rings (SSSR count). The number of thioether (sulfide) groups is 1. The predicted octanol–water partition coefficient (Wildman–Crippen LogP) is 3.83. The summed E-state index contributed by atoms with van der Waals surface area (Å²) in [6, 6.07) is 11.0. The second-order valence-electron chi connectivity index (χ2n) is 5.69. The van der Waals surface area contributed by atoms with E-state index in [-0.39, 0.29) is 0 Å². The number of nitrogens with one attached hydrogen (secondary N) is 1. The van der Waals surface area contributed by atoms with Crippen LogP contribution in [-0.2, 0) is 16.4 Å². The molecule has 5 nitrogen and oxygen atoms in total. The molecule has 0 amide bonds. The van der Waals surface area contributed by atoms with Gasteiger partial charge in [-0.3, -0.25) is 9.71 Å². The molecular formula is C17H17N3O2S3. The number of rotatable bonds is 5. The van der Waals surface area contributed by atoms with E-state index in [0.29, 0.717) is 9.90 Å². The first-order valence-corrected chi connectivity index (χ1v) is 11.2. The van der Waals surface area contributed by atoms with Gasteiger partial charge in [-0.2, -0.15) is 0 Å². The molecule has 25 heavy (non-hydrogen) atoms. The van der Waals surface area contributed by atoms with Gasteiger partial charge in [0, 0.05) is 22.5 Å². The van der Waals surface area contributed by atoms with Crippen molar-refractivity contribution in [3.05, 3.63) is 52.2 Å². The van der Waals surface area contributed by atoms with Crippen LogP contribution in [0.2, 0.25) is 0 Å². The number of aliphatic imine (C=N–C) groups is 1. The van der Waals surface area contributed by atoms with E-state index < -0.39 is 10.0 Å². The number of aryl methyl sites for hydroxylation is 1. The minimum atomic E-state index is -3.53. The predicted molar refractivity (Wildman–Crippen MR) is 106 cm³/mol. The lowest BCUT2D eigenvalue weighted by atomic mass is 10.1. The van der Waals surface area contributed by atoms with Crippen LogP contribution in [0.15, 0.2) is 51.0 Å². The van der Waals surface area contributed by atoms with Crippen LogP contribution in [0.3, 0.4) is 0 Å². The van der Waals surface area contributed by atoms with Crippen molar-refractivity contribution in [3.63, 3.8) is 0 Å². The van der Waals surface area contributed by atoms with Gasteiger partial charge in [0.25, 0.3) is 10.0 Å². The van der Waals surface area contributed by atoms with Gasteiger partial charge in [0.1, 0.15) is 4.21 Å². The van der Waals surface area contributed by atoms with Gasteiger partial charge >= 0.3 is 0 Å². The van der Waals surface area contributed by atoms with Crippen LogP contribution < -0.4 is 4.72 Å². The Morgan fingerprint density at radius 1 is 1.20 bits per heavy atom. The van der Waals surface area contributed by atoms with Crippen LogP contribution in [0.1, 0.15) is 17.4 Å². The Bertz CT molecular complexity index is 959. The van der Waals surface area contributed by atoms with Crippen LogP contribution in [0.25, 0.3) is 5.70 Å². The van der Waals surface area contributed by atoms with Crippen LogP contribution in [0.5, 0.6) is 0 Å². The fraction of sp³-hybridized carbons (Fsp3) is 0.235. The smallest absolute Gasteiger partial charge is 0.271 e. The molecule has 0 saturated carbocycles. The number of hydrogen-bond acceptors (Lipinski definition) is 6. The molecule has 0 bridgehead atoms. The first-order chi connectivity index (χ1) is 12.1. The summed E-state index contributed by atoms with van der Waals surface area (Å²) in [4.78, 5) is 7.70. The molecule has 2 aliphatic rings. The van der Waals surface area contributed by atoms with Crippen molar-refractivity contribution < 1.29 is 8.42 Å². The highest BCUT2D eigenvalue weighted by molar-refractivity contribution is 8.16. The summed E-state index contributed by atoms with van der Waals surface area (Å²) in [6.07, 6.45) is 0.837. The zero-order chi connectivity index (χ0) is 17.4. The third kappa shape index (κ3) is 3.21. The molecule has 0 aliphatic carbocycles. The van der Waals surface area contributed by atoms with Crippen molar-refractivity contribution in [3.8, 4) is 0 Å². The number of amidine groups is 1. The van der Waals surface area contributed by atoms with E-state index in [2.05, 4.69) is 20.0 Å². The number of sulfonamides is 1. The summed E-state index contributed by atoms with van der Waals surface area (Å²) in [5.41, 5.74) is 2.75. The third-order valence-electron chi connectivity index (χ3n) is 4.05. The number of nitrogens with zero attached hydrogens (tertiary/aromatic N) is 2. The molecule has 0 fully saturated rings. The van der Waals surface area contributed by atoms with Crippen molar-refractivity contribution in [2.24, 2.45) is 4.99 Å². The molecule has 130 valence electrons. The molecule has 1 aromatic carbocycles. The standard InChI is InChI=1S/C17H17N3O2S3/c1-2-14-7-8-16(24-14)25(21,22)19-13-5-3-12(4-6-13)15-11-23-17-18-9-10-20(15)17/h3-8,11,19H,2,9-10H2,1H3. The quantitative estimate of drug-likeness (QED) is 0.841. The largest absolute Gasteiger partial charge is 0.318 e. The first kappa shape index (κ1) is 16.7. The van der Waals surface area contributed by atoms with Crippen LogP contribution in [0, 0.1) is 0 Å². The van der Waals surface area contributed by atoms with E-state index in [0.717, 1.165) is 40.8 Å². The first-order valence-electron chi connectivity index (χ1n) is 7.97. The Morgan fingerprint density at radius 2 is 2.00 bits per heavy atom. The maximum absolute atomic E-state index is 12.5. The monoisotopic (exact) mass is 391 g/mol. The van der Waals surface area contributed by atoms with Gasteiger partial charge in [-0.05, 0) is 36.2 Å². The summed E-state index contributed by atoms with van der Waals surface area (Å²) in [5, 5.41) is 3.14. The van der Waals surface area contributed by atoms with E-state index >= 15 is 0 Å². The lowest BCUT2D eigenvalue weighted by Crippen LogP contribution is -2.19. The normalized spacial score (nSPS) is 16.6. The average Bonchev–Trinajstić information content (AvgIpc) is 3.32. The van der Waals surface area contributed by atoms with E-state index in [4.69, 9.17) is 0 Å². The second kappa shape index (κ2) is 6.51. The minimum absolute atomic E-state index is 0.348. The molecule has 0 spiro atoms. The maximum Gasteiger partial charge on any atom is 0.271 e. The lowest BCUT2D eigenvalue weighted by molar-refractivity contribution is 0.603. The van der Waals surface area contributed by atoms with E-state index in [9.17, 15) is 8.42 Å². The number of thiophene rings is 1. The molecule has 0 atom stereocenters. The Kier molecular flexibility index (Phi) is 4.35. The molecule has 3 heterocycles. The number of benzene rings is 1. The van der Waals surface area contributed by atoms with Gasteiger partial charge in [-0.25, -0.2) is 8.42 Å². The number of hydrogen-bond donors (Lipinski definition) is 1. The average molecular weight is 392 g/mol. The van der Waals surface area contributed by atoms with Gasteiger partial charge in [0.15, 0.2) is 5.17 Å². The van der Waals surface area contributed by atoms with Crippen LogP contribution in [-0.4, -0.2) is 31.6 Å². The van der Waals surface area contributed by atoms with E-state index in [1.165, 1.54) is 11.3 Å². The summed E-state index contributed by atoms with van der Waals surface area (Å²) < 4.78 is 28.0. The maximum atomic E-state index is 12.5. The molecule has 0 radical (unpaired) electrons. The Morgan fingerprint density at radius 3 is 2.72 bits per heavy atom. The SMILES string of the molecule is CCc1ccc(S(=O)(=O)Nc2ccc(C3=CSC4=NCCN34)cc2)s1. The van der Waals surface area contributed by atoms with Gasteiger partial charge < -0.3 is 4.90 Å². The summed E-state index contributed by atoms with van der Waals surface area (Å²) in [7, 11) is -3.53. The summed E-state index contributed by atoms with van der Waals surface area (Å²) in [5.74, 6) is 0. The molecule has 2 aliphatic heterocycles. The van der Waals surface area contributed by atoms with Gasteiger partial charge in [-0.15, -0.1) is 11.3 Å². The number of anilines is 1. The molecule has 0 saturated heterocycles. The summed E-state index contributed by atoms with van der Waals surface area (Å²) in [6.45, 7) is 3.75. The molecule has 1 aromatic heterocycles. The second-order valence-corrected chi connectivity index (χ2v) is 9.61. The van der Waals surface area contributed by atoms with Gasteiger partial charge in [0.2, 0.25) is 0 Å². The molecule has 2 aromatic rings. The van der Waals surface area contributed by atoms with E-state index in [1.54, 1.807) is 30.0 Å². The fourth-order valence-corrected chi connectivity index (χ4v) is 6.07. The van der Waals surface area contributed by atoms with Crippen molar-refractivity contribution in [2.45, 2.75) is 17.6 Å². The van der Waals surface area contributed by atoms with Crippen LogP contribution >= 0.6 is 23.1 Å². The van der Waals surface area contributed by atoms with E-state index in [1.807, 2.05) is 25.1 Å². The fourth-order valence-electron chi connectivity index (χ4n) is 2.75.